The van der Waals surface area contributed by atoms with Crippen molar-refractivity contribution in [3.8, 4) is 0 Å². The molecule has 0 saturated heterocycles. The number of nitrogens with zero attached hydrogens (tertiary/aromatic N) is 3. The number of aromatic nitrogens is 3. The summed E-state index contributed by atoms with van der Waals surface area (Å²) in [6.07, 6.45) is 4.87. The van der Waals surface area contributed by atoms with Crippen LogP contribution in [0.1, 0.15) is 25.1 Å². The highest BCUT2D eigenvalue weighted by Crippen LogP contribution is 2.06. The van der Waals surface area contributed by atoms with E-state index in [0.717, 1.165) is 23.2 Å². The van der Waals surface area contributed by atoms with Crippen LogP contribution in [0.2, 0.25) is 0 Å². The summed E-state index contributed by atoms with van der Waals surface area (Å²) in [5, 5.41) is 7.54. The molecule has 116 valence electrons. The van der Waals surface area contributed by atoms with Crippen LogP contribution < -0.4 is 10.0 Å². The highest BCUT2D eigenvalue weighted by molar-refractivity contribution is 7.88. The average Bonchev–Trinajstić information content (AvgIpc) is 2.64. The molecule has 0 fully saturated rings. The van der Waals surface area contributed by atoms with E-state index in [2.05, 4.69) is 20.1 Å². The smallest absolute Gasteiger partial charge is 0.209 e. The van der Waals surface area contributed by atoms with Gasteiger partial charge in [0.1, 0.15) is 0 Å². The van der Waals surface area contributed by atoms with Crippen LogP contribution in [0.15, 0.2) is 18.5 Å². The highest BCUT2D eigenvalue weighted by atomic mass is 32.2. The fourth-order valence-corrected chi connectivity index (χ4v) is 3.26. The Bertz CT molecular complexity index is 736. The van der Waals surface area contributed by atoms with Crippen molar-refractivity contribution in [3.63, 3.8) is 0 Å². The predicted octanol–water partition coefficient (Wildman–Crippen LogP) is 0.455. The van der Waals surface area contributed by atoms with Crippen LogP contribution in [-0.2, 0) is 16.6 Å². The number of fused-ring (bicyclic) bond motifs is 1. The minimum Gasteiger partial charge on any atom is -0.311 e. The first-order valence-corrected chi connectivity index (χ1v) is 8.54. The normalized spacial score (nSPS) is 13.0. The molecule has 2 aromatic heterocycles. The van der Waals surface area contributed by atoms with E-state index < -0.39 is 15.6 Å². The van der Waals surface area contributed by atoms with Gasteiger partial charge in [0.05, 0.1) is 11.9 Å². The summed E-state index contributed by atoms with van der Waals surface area (Å²) in [7, 11) is -3.22. The average molecular weight is 311 g/mol. The lowest BCUT2D eigenvalue weighted by Gasteiger charge is -2.25. The second-order valence-electron chi connectivity index (χ2n) is 5.91. The molecule has 2 rings (SSSR count). The highest BCUT2D eigenvalue weighted by Gasteiger charge is 2.21. The Balaban J connectivity index is 1.95. The minimum atomic E-state index is -3.22. The number of rotatable bonds is 6. The summed E-state index contributed by atoms with van der Waals surface area (Å²) in [6.45, 7) is 6.69. The molecule has 0 radical (unpaired) electrons. The molecule has 21 heavy (non-hydrogen) atoms. The van der Waals surface area contributed by atoms with E-state index >= 15 is 0 Å². The number of nitrogens with one attached hydrogen (secondary N) is 2. The third-order valence-electron chi connectivity index (χ3n) is 2.85. The molecule has 2 heterocycles. The van der Waals surface area contributed by atoms with Gasteiger partial charge in [0.25, 0.3) is 0 Å². The molecule has 0 aromatic carbocycles. The summed E-state index contributed by atoms with van der Waals surface area (Å²) in [4.78, 5) is 4.33. The third-order valence-corrected chi connectivity index (χ3v) is 3.77. The van der Waals surface area contributed by atoms with Gasteiger partial charge in [0, 0.05) is 42.7 Å². The fraction of sp³-hybridized carbons (Fsp3) is 0.538. The maximum absolute atomic E-state index is 11.3. The van der Waals surface area contributed by atoms with Crippen LogP contribution in [-0.4, -0.2) is 41.4 Å². The van der Waals surface area contributed by atoms with Gasteiger partial charge < -0.3 is 5.32 Å². The van der Waals surface area contributed by atoms with Gasteiger partial charge in [-0.05, 0) is 20.8 Å². The number of sulfonamides is 1. The summed E-state index contributed by atoms with van der Waals surface area (Å²) in [5.41, 5.74) is 2.18. The van der Waals surface area contributed by atoms with Crippen molar-refractivity contribution in [1.29, 1.82) is 0 Å². The van der Waals surface area contributed by atoms with E-state index in [0.29, 0.717) is 13.1 Å². The quantitative estimate of drug-likeness (QED) is 0.809. The van der Waals surface area contributed by atoms with E-state index in [9.17, 15) is 8.42 Å². The predicted molar refractivity (Wildman–Crippen MR) is 81.5 cm³/mol. The van der Waals surface area contributed by atoms with Crippen molar-refractivity contribution in [2.75, 3.05) is 12.8 Å². The second-order valence-corrected chi connectivity index (χ2v) is 7.66. The molecule has 2 aromatic rings. The van der Waals surface area contributed by atoms with Crippen molar-refractivity contribution >= 4 is 15.7 Å². The summed E-state index contributed by atoms with van der Waals surface area (Å²) < 4.78 is 26.9. The van der Waals surface area contributed by atoms with Crippen LogP contribution in [0, 0.1) is 6.92 Å². The second kappa shape index (κ2) is 5.70. The lowest BCUT2D eigenvalue weighted by Crippen LogP contribution is -2.49. The van der Waals surface area contributed by atoms with Crippen molar-refractivity contribution in [2.45, 2.75) is 32.9 Å². The standard InChI is InChI=1S/C13H21N5O2S/c1-10-5-12-15-7-11(8-18(12)16-10)6-14-9-13(2,3)17-21(4,19)20/h5,7-8,14,17H,6,9H2,1-4H3. The molecule has 8 heteroatoms. The van der Waals surface area contributed by atoms with Crippen molar-refractivity contribution in [2.24, 2.45) is 0 Å². The van der Waals surface area contributed by atoms with Crippen LogP contribution in [0.5, 0.6) is 0 Å². The Morgan fingerprint density at radius 3 is 2.76 bits per heavy atom. The molecule has 0 spiro atoms. The molecule has 0 amide bonds. The molecule has 0 aliphatic heterocycles. The molecule has 2 N–H and O–H groups in total. The largest absolute Gasteiger partial charge is 0.311 e. The number of hydrogen-bond donors (Lipinski definition) is 2. The van der Waals surface area contributed by atoms with Gasteiger partial charge in [-0.25, -0.2) is 22.6 Å². The molecule has 0 bridgehead atoms. The van der Waals surface area contributed by atoms with Gasteiger partial charge >= 0.3 is 0 Å². The molecule has 0 saturated carbocycles. The molecule has 0 unspecified atom stereocenters. The zero-order chi connectivity index (χ0) is 15.7. The van der Waals surface area contributed by atoms with Crippen molar-refractivity contribution < 1.29 is 8.42 Å². The van der Waals surface area contributed by atoms with E-state index in [1.165, 1.54) is 0 Å². The Kier molecular flexibility index (Phi) is 4.31. The molecular weight excluding hydrogens is 290 g/mol. The number of hydrogen-bond acceptors (Lipinski definition) is 5. The molecular formula is C13H21N5O2S. The third kappa shape index (κ3) is 4.76. The molecule has 0 atom stereocenters. The van der Waals surface area contributed by atoms with Crippen molar-refractivity contribution in [1.82, 2.24) is 24.6 Å². The van der Waals surface area contributed by atoms with E-state index in [1.54, 1.807) is 10.7 Å². The maximum Gasteiger partial charge on any atom is 0.209 e. The van der Waals surface area contributed by atoms with E-state index in [-0.39, 0.29) is 0 Å². The monoisotopic (exact) mass is 311 g/mol. The topological polar surface area (TPSA) is 88.4 Å². The van der Waals surface area contributed by atoms with Gasteiger partial charge in [-0.15, -0.1) is 0 Å². The lowest BCUT2D eigenvalue weighted by atomic mass is 10.1. The zero-order valence-electron chi connectivity index (χ0n) is 12.7. The Labute approximate surface area is 124 Å². The van der Waals surface area contributed by atoms with Crippen LogP contribution >= 0.6 is 0 Å². The molecule has 0 aliphatic carbocycles. The Morgan fingerprint density at radius 2 is 2.10 bits per heavy atom. The number of aryl methyl sites for hydroxylation is 1. The summed E-state index contributed by atoms with van der Waals surface area (Å²) in [5.74, 6) is 0. The van der Waals surface area contributed by atoms with E-state index in [4.69, 9.17) is 0 Å². The summed E-state index contributed by atoms with van der Waals surface area (Å²) in [6, 6.07) is 1.91. The van der Waals surface area contributed by atoms with Gasteiger partial charge in [-0.1, -0.05) is 0 Å². The van der Waals surface area contributed by atoms with E-state index in [1.807, 2.05) is 33.0 Å². The maximum atomic E-state index is 11.3. The first-order chi connectivity index (χ1) is 9.65. The van der Waals surface area contributed by atoms with Gasteiger partial charge in [0.2, 0.25) is 10.0 Å². The van der Waals surface area contributed by atoms with Gasteiger partial charge in [0.15, 0.2) is 5.65 Å². The lowest BCUT2D eigenvalue weighted by molar-refractivity contribution is 0.420. The Hall–Kier alpha value is -1.51. The fourth-order valence-electron chi connectivity index (χ4n) is 2.18. The van der Waals surface area contributed by atoms with Crippen molar-refractivity contribution in [3.05, 3.63) is 29.7 Å². The first-order valence-electron chi connectivity index (χ1n) is 6.65. The zero-order valence-corrected chi connectivity index (χ0v) is 13.5. The SMILES string of the molecule is Cc1cc2ncc(CNCC(C)(C)NS(C)(=O)=O)cn2n1. The van der Waals surface area contributed by atoms with Crippen LogP contribution in [0.3, 0.4) is 0 Å². The minimum absolute atomic E-state index is 0.510. The van der Waals surface area contributed by atoms with Crippen LogP contribution in [0.25, 0.3) is 5.65 Å². The molecule has 0 aliphatic rings. The van der Waals surface area contributed by atoms with Gasteiger partial charge in [-0.3, -0.25) is 0 Å². The summed E-state index contributed by atoms with van der Waals surface area (Å²) >= 11 is 0. The Morgan fingerprint density at radius 1 is 1.38 bits per heavy atom. The van der Waals surface area contributed by atoms with Gasteiger partial charge in [-0.2, -0.15) is 5.10 Å². The first kappa shape index (κ1) is 15.9. The van der Waals surface area contributed by atoms with Crippen LogP contribution in [0.4, 0.5) is 0 Å². The molecule has 7 nitrogen and oxygen atoms in total.